The second-order valence-electron chi connectivity index (χ2n) is 3.57. The molecule has 0 bridgehead atoms. The predicted molar refractivity (Wildman–Crippen MR) is 69.2 cm³/mol. The lowest BCUT2D eigenvalue weighted by atomic mass is 10.2. The van der Waals surface area contributed by atoms with Gasteiger partial charge in [0.15, 0.2) is 0 Å². The highest BCUT2D eigenvalue weighted by molar-refractivity contribution is 7.77. The summed E-state index contributed by atoms with van der Waals surface area (Å²) in [6, 6.07) is 5.64. The van der Waals surface area contributed by atoms with Gasteiger partial charge in [-0.2, -0.15) is 0 Å². The van der Waals surface area contributed by atoms with E-state index in [0.717, 1.165) is 31.9 Å². The zero-order chi connectivity index (χ0) is 10.8. The van der Waals surface area contributed by atoms with E-state index in [-0.39, 0.29) is 0 Å². The number of hydrogen-bond acceptors (Lipinski definition) is 3. The van der Waals surface area contributed by atoms with Gasteiger partial charge < -0.3 is 4.90 Å². The van der Waals surface area contributed by atoms with Gasteiger partial charge in [0.2, 0.25) is 0 Å². The van der Waals surface area contributed by atoms with Crippen LogP contribution in [0.5, 0.6) is 0 Å². The second kappa shape index (κ2) is 4.83. The standard InChI is InChI=1S/C10H12Cl2N2S/c11-8-5-9(12)7-10(6-8)13-1-3-14(15)4-2-13/h5-7,15H,1-4H2. The fraction of sp³-hybridized carbons (Fsp3) is 0.400. The molecule has 82 valence electrons. The molecule has 1 fully saturated rings. The van der Waals surface area contributed by atoms with Gasteiger partial charge in [0.1, 0.15) is 0 Å². The zero-order valence-electron chi connectivity index (χ0n) is 8.16. The lowest BCUT2D eigenvalue weighted by Gasteiger charge is -2.33. The van der Waals surface area contributed by atoms with Crippen molar-refractivity contribution in [3.05, 3.63) is 28.2 Å². The van der Waals surface area contributed by atoms with Crippen molar-refractivity contribution < 1.29 is 0 Å². The summed E-state index contributed by atoms with van der Waals surface area (Å²) in [5, 5.41) is 1.37. The topological polar surface area (TPSA) is 6.48 Å². The molecule has 1 aliphatic heterocycles. The van der Waals surface area contributed by atoms with Crippen LogP contribution in [0.2, 0.25) is 10.0 Å². The Balaban J connectivity index is 2.15. The number of anilines is 1. The fourth-order valence-electron chi connectivity index (χ4n) is 1.68. The Labute approximate surface area is 105 Å². The van der Waals surface area contributed by atoms with Crippen molar-refractivity contribution in [3.63, 3.8) is 0 Å². The zero-order valence-corrected chi connectivity index (χ0v) is 10.6. The number of benzene rings is 1. The van der Waals surface area contributed by atoms with Crippen LogP contribution in [0.25, 0.3) is 0 Å². The minimum absolute atomic E-state index is 0.686. The molecular formula is C10H12Cl2N2S. The molecule has 0 aromatic heterocycles. The molecule has 0 atom stereocenters. The Morgan fingerprint density at radius 3 is 2.00 bits per heavy atom. The Hall–Kier alpha value is -0.0900. The van der Waals surface area contributed by atoms with E-state index < -0.39 is 0 Å². The molecule has 0 saturated carbocycles. The Morgan fingerprint density at radius 1 is 0.933 bits per heavy atom. The quantitative estimate of drug-likeness (QED) is 0.778. The molecule has 15 heavy (non-hydrogen) atoms. The maximum Gasteiger partial charge on any atom is 0.0441 e. The molecule has 0 N–H and O–H groups in total. The third-order valence-electron chi connectivity index (χ3n) is 2.47. The highest BCUT2D eigenvalue weighted by Gasteiger charge is 2.15. The van der Waals surface area contributed by atoms with Gasteiger partial charge in [0.25, 0.3) is 0 Å². The van der Waals surface area contributed by atoms with Gasteiger partial charge in [-0.1, -0.05) is 36.0 Å². The molecule has 0 amide bonds. The molecule has 0 radical (unpaired) electrons. The molecule has 1 saturated heterocycles. The first kappa shape index (κ1) is 11.4. The second-order valence-corrected chi connectivity index (χ2v) is 5.01. The van der Waals surface area contributed by atoms with Crippen molar-refractivity contribution in [2.45, 2.75) is 0 Å². The van der Waals surface area contributed by atoms with Gasteiger partial charge in [-0.05, 0) is 18.2 Å². The van der Waals surface area contributed by atoms with E-state index in [2.05, 4.69) is 17.7 Å². The van der Waals surface area contributed by atoms with E-state index in [1.54, 1.807) is 6.07 Å². The molecule has 0 spiro atoms. The summed E-state index contributed by atoms with van der Waals surface area (Å²) in [5.74, 6) is 0. The maximum atomic E-state index is 5.96. The SMILES string of the molecule is SN1CCN(c2cc(Cl)cc(Cl)c2)CC1. The van der Waals surface area contributed by atoms with Gasteiger partial charge in [0.05, 0.1) is 0 Å². The molecule has 5 heteroatoms. The van der Waals surface area contributed by atoms with Crippen LogP contribution < -0.4 is 4.90 Å². The monoisotopic (exact) mass is 262 g/mol. The number of nitrogens with zero attached hydrogens (tertiary/aromatic N) is 2. The summed E-state index contributed by atoms with van der Waals surface area (Å²) < 4.78 is 2.02. The Kier molecular flexibility index (Phi) is 3.67. The van der Waals surface area contributed by atoms with E-state index in [1.165, 1.54) is 0 Å². The Bertz CT molecular complexity index is 331. The van der Waals surface area contributed by atoms with Crippen LogP contribution in [0.15, 0.2) is 18.2 Å². The summed E-state index contributed by atoms with van der Waals surface area (Å²) in [6.07, 6.45) is 0. The summed E-state index contributed by atoms with van der Waals surface area (Å²) in [4.78, 5) is 2.27. The van der Waals surface area contributed by atoms with Gasteiger partial charge in [-0.25, -0.2) is 4.31 Å². The first-order valence-corrected chi connectivity index (χ1v) is 5.95. The molecule has 0 unspecified atom stereocenters. The summed E-state index contributed by atoms with van der Waals surface area (Å²) >= 11 is 16.2. The molecular weight excluding hydrogens is 251 g/mol. The molecule has 2 nitrogen and oxygen atoms in total. The van der Waals surface area contributed by atoms with Crippen LogP contribution in [0.4, 0.5) is 5.69 Å². The highest BCUT2D eigenvalue weighted by atomic mass is 35.5. The number of rotatable bonds is 1. The maximum absolute atomic E-state index is 5.96. The van der Waals surface area contributed by atoms with Crippen molar-refractivity contribution >= 4 is 41.7 Å². The fourth-order valence-corrected chi connectivity index (χ4v) is 2.37. The van der Waals surface area contributed by atoms with Gasteiger partial charge in [0, 0.05) is 41.9 Å². The number of thiol groups is 1. The predicted octanol–water partition coefficient (Wildman–Crippen LogP) is 2.96. The number of halogens is 2. The van der Waals surface area contributed by atoms with Crippen molar-refractivity contribution in [1.82, 2.24) is 4.31 Å². The Morgan fingerprint density at radius 2 is 1.47 bits per heavy atom. The average molecular weight is 263 g/mol. The summed E-state index contributed by atoms with van der Waals surface area (Å²) in [5.41, 5.74) is 1.09. The van der Waals surface area contributed by atoms with Crippen LogP contribution >= 0.6 is 36.0 Å². The minimum Gasteiger partial charge on any atom is -0.369 e. The van der Waals surface area contributed by atoms with Gasteiger partial charge >= 0.3 is 0 Å². The molecule has 1 aliphatic rings. The lowest BCUT2D eigenvalue weighted by molar-refractivity contribution is 0.434. The number of hydrogen-bond donors (Lipinski definition) is 1. The normalized spacial score (nSPS) is 18.2. The van der Waals surface area contributed by atoms with Crippen LogP contribution in [0.3, 0.4) is 0 Å². The van der Waals surface area contributed by atoms with Gasteiger partial charge in [-0.15, -0.1) is 0 Å². The first-order chi connectivity index (χ1) is 7.15. The van der Waals surface area contributed by atoms with Crippen LogP contribution in [-0.4, -0.2) is 30.5 Å². The summed E-state index contributed by atoms with van der Waals surface area (Å²) in [7, 11) is 0. The van der Waals surface area contributed by atoms with E-state index in [4.69, 9.17) is 23.2 Å². The smallest absolute Gasteiger partial charge is 0.0441 e. The lowest BCUT2D eigenvalue weighted by Crippen LogP contribution is -2.42. The van der Waals surface area contributed by atoms with Crippen LogP contribution in [-0.2, 0) is 0 Å². The van der Waals surface area contributed by atoms with Gasteiger partial charge in [-0.3, -0.25) is 0 Å². The third-order valence-corrected chi connectivity index (χ3v) is 3.30. The minimum atomic E-state index is 0.686. The third kappa shape index (κ3) is 2.94. The average Bonchev–Trinajstić information content (AvgIpc) is 2.17. The van der Waals surface area contributed by atoms with Crippen molar-refractivity contribution in [2.24, 2.45) is 0 Å². The van der Waals surface area contributed by atoms with Crippen molar-refractivity contribution in [1.29, 1.82) is 0 Å². The van der Waals surface area contributed by atoms with Crippen molar-refractivity contribution in [2.75, 3.05) is 31.1 Å². The molecule has 2 rings (SSSR count). The largest absolute Gasteiger partial charge is 0.369 e. The van der Waals surface area contributed by atoms with Crippen molar-refractivity contribution in [3.8, 4) is 0 Å². The molecule has 1 heterocycles. The summed E-state index contributed by atoms with van der Waals surface area (Å²) in [6.45, 7) is 3.82. The van der Waals surface area contributed by atoms with E-state index in [9.17, 15) is 0 Å². The molecule has 0 aliphatic carbocycles. The highest BCUT2D eigenvalue weighted by Crippen LogP contribution is 2.26. The first-order valence-electron chi connectivity index (χ1n) is 4.80. The van der Waals surface area contributed by atoms with E-state index in [1.807, 2.05) is 16.4 Å². The van der Waals surface area contributed by atoms with Crippen LogP contribution in [0, 0.1) is 0 Å². The number of piperazine rings is 1. The molecule has 1 aromatic rings. The molecule has 1 aromatic carbocycles. The van der Waals surface area contributed by atoms with Crippen LogP contribution in [0.1, 0.15) is 0 Å². The van der Waals surface area contributed by atoms with E-state index >= 15 is 0 Å². The van der Waals surface area contributed by atoms with E-state index in [0.29, 0.717) is 10.0 Å².